The van der Waals surface area contributed by atoms with Crippen molar-refractivity contribution in [3.63, 3.8) is 0 Å². The van der Waals surface area contributed by atoms with Gasteiger partial charge in [-0.05, 0) is 13.3 Å². The van der Waals surface area contributed by atoms with Gasteiger partial charge in [0.2, 0.25) is 0 Å². The minimum absolute atomic E-state index is 0.0236. The first kappa shape index (κ1) is 17.9. The normalized spacial score (nSPS) is 13.1. The molecule has 0 unspecified atom stereocenters. The molecule has 0 amide bonds. The third kappa shape index (κ3) is 7.18. The van der Waals surface area contributed by atoms with Crippen LogP contribution in [0.4, 0.5) is 0 Å². The summed E-state index contributed by atoms with van der Waals surface area (Å²) in [4.78, 5) is 33.8. The highest BCUT2D eigenvalue weighted by molar-refractivity contribution is 5.86. The lowest BCUT2D eigenvalue weighted by Gasteiger charge is -2.26. The second kappa shape index (κ2) is 8.17. The van der Waals surface area contributed by atoms with Crippen molar-refractivity contribution < 1.29 is 24.6 Å². The molecular weight excluding hydrogens is 248 g/mol. The Kier molecular flexibility index (Phi) is 7.71. The van der Waals surface area contributed by atoms with Gasteiger partial charge in [-0.15, -0.1) is 0 Å². The topological polar surface area (TPSA) is 91.7 Å². The Balaban J connectivity index is 3.98. The first-order valence-corrected chi connectivity index (χ1v) is 6.53. The van der Waals surface area contributed by atoms with E-state index in [1.807, 2.05) is 0 Å². The van der Waals surface area contributed by atoms with Crippen LogP contribution in [0.2, 0.25) is 0 Å². The van der Waals surface area contributed by atoms with E-state index in [4.69, 9.17) is 5.11 Å². The summed E-state index contributed by atoms with van der Waals surface area (Å²) in [5, 5.41) is 18.8. The molecule has 0 aliphatic heterocycles. The van der Waals surface area contributed by atoms with Crippen LogP contribution in [0.5, 0.6) is 0 Å². The molecule has 5 nitrogen and oxygen atoms in total. The minimum atomic E-state index is -1.22. The zero-order chi connectivity index (χ0) is 15.1. The van der Waals surface area contributed by atoms with Gasteiger partial charge in [-0.25, -0.2) is 0 Å². The maximum Gasteiger partial charge on any atom is 0.161 e. The molecule has 5 heteroatoms. The Morgan fingerprint density at radius 3 is 2.11 bits per heavy atom. The van der Waals surface area contributed by atoms with Crippen molar-refractivity contribution in [3.05, 3.63) is 0 Å². The summed E-state index contributed by atoms with van der Waals surface area (Å²) in [6.45, 7) is 4.36. The molecule has 0 spiro atoms. The highest BCUT2D eigenvalue weighted by Crippen LogP contribution is 2.21. The van der Waals surface area contributed by atoms with Crippen molar-refractivity contribution >= 4 is 17.3 Å². The highest BCUT2D eigenvalue weighted by atomic mass is 16.3. The fourth-order valence-electron chi connectivity index (χ4n) is 1.56. The molecule has 0 saturated heterocycles. The van der Waals surface area contributed by atoms with Gasteiger partial charge in [0.15, 0.2) is 5.78 Å². The fraction of sp³-hybridized carbons (Fsp3) is 0.786. The molecule has 0 heterocycles. The van der Waals surface area contributed by atoms with Crippen molar-refractivity contribution in [2.45, 2.75) is 59.0 Å². The van der Waals surface area contributed by atoms with E-state index >= 15 is 0 Å². The van der Waals surface area contributed by atoms with Crippen molar-refractivity contribution in [1.82, 2.24) is 0 Å². The predicted octanol–water partition coefficient (Wildman–Crippen LogP) is 1.04. The molecule has 1 atom stereocenters. The van der Waals surface area contributed by atoms with Gasteiger partial charge in [0.1, 0.15) is 17.7 Å². The monoisotopic (exact) mass is 272 g/mol. The first-order valence-electron chi connectivity index (χ1n) is 6.53. The molecule has 0 aromatic carbocycles. The molecule has 0 aliphatic rings. The van der Waals surface area contributed by atoms with Gasteiger partial charge in [-0.2, -0.15) is 0 Å². The number of rotatable bonds is 10. The zero-order valence-electron chi connectivity index (χ0n) is 11.9. The molecule has 19 heavy (non-hydrogen) atoms. The Hall–Kier alpha value is -1.07. The summed E-state index contributed by atoms with van der Waals surface area (Å²) in [6.07, 6.45) is -0.0402. The standard InChI is InChI=1S/C14H24O5/c1-10(16)7-8-11(17)5-4-6-12(18)13(19)14(2,3)9-15/h13,15,19H,4-9H2,1-3H3/t13-/m0/s1. The van der Waals surface area contributed by atoms with Gasteiger partial charge in [0.25, 0.3) is 0 Å². The lowest BCUT2D eigenvalue weighted by atomic mass is 9.84. The third-order valence-electron chi connectivity index (χ3n) is 3.09. The van der Waals surface area contributed by atoms with Crippen molar-refractivity contribution in [2.75, 3.05) is 6.61 Å². The van der Waals surface area contributed by atoms with Crippen molar-refractivity contribution in [3.8, 4) is 0 Å². The van der Waals surface area contributed by atoms with Gasteiger partial charge in [-0.1, -0.05) is 13.8 Å². The van der Waals surface area contributed by atoms with Crippen LogP contribution in [0, 0.1) is 5.41 Å². The van der Waals surface area contributed by atoms with Crippen LogP contribution in [0.3, 0.4) is 0 Å². The van der Waals surface area contributed by atoms with E-state index < -0.39 is 11.5 Å². The molecule has 0 aromatic heterocycles. The summed E-state index contributed by atoms with van der Waals surface area (Å²) in [6, 6.07) is 0. The van der Waals surface area contributed by atoms with Crippen LogP contribution in [0.25, 0.3) is 0 Å². The maximum atomic E-state index is 11.7. The number of hydrogen-bond donors (Lipinski definition) is 2. The largest absolute Gasteiger partial charge is 0.396 e. The van der Waals surface area contributed by atoms with Gasteiger partial charge in [0, 0.05) is 31.1 Å². The van der Waals surface area contributed by atoms with Crippen LogP contribution in [0.15, 0.2) is 0 Å². The summed E-state index contributed by atoms with van der Waals surface area (Å²) in [5.41, 5.74) is -0.865. The Morgan fingerprint density at radius 1 is 1.05 bits per heavy atom. The smallest absolute Gasteiger partial charge is 0.161 e. The summed E-state index contributed by atoms with van der Waals surface area (Å²) >= 11 is 0. The van der Waals surface area contributed by atoms with Crippen LogP contribution in [-0.2, 0) is 14.4 Å². The van der Waals surface area contributed by atoms with E-state index in [-0.39, 0.29) is 49.6 Å². The van der Waals surface area contributed by atoms with Gasteiger partial charge >= 0.3 is 0 Å². The average Bonchev–Trinajstić information content (AvgIpc) is 2.35. The second-order valence-corrected chi connectivity index (χ2v) is 5.61. The van der Waals surface area contributed by atoms with Crippen molar-refractivity contribution in [2.24, 2.45) is 5.41 Å². The van der Waals surface area contributed by atoms with Gasteiger partial charge in [0.05, 0.1) is 6.61 Å². The zero-order valence-corrected chi connectivity index (χ0v) is 11.9. The van der Waals surface area contributed by atoms with Crippen molar-refractivity contribution in [1.29, 1.82) is 0 Å². The average molecular weight is 272 g/mol. The summed E-state index contributed by atoms with van der Waals surface area (Å²) in [7, 11) is 0. The van der Waals surface area contributed by atoms with E-state index in [1.165, 1.54) is 6.92 Å². The van der Waals surface area contributed by atoms with E-state index in [0.717, 1.165) is 0 Å². The van der Waals surface area contributed by atoms with Crippen LogP contribution >= 0.6 is 0 Å². The summed E-state index contributed by atoms with van der Waals surface area (Å²) < 4.78 is 0. The molecular formula is C14H24O5. The molecule has 0 fully saturated rings. The lowest BCUT2D eigenvalue weighted by molar-refractivity contribution is -0.135. The number of aliphatic hydroxyl groups is 2. The van der Waals surface area contributed by atoms with Gasteiger partial charge < -0.3 is 15.0 Å². The Labute approximate surface area is 114 Å². The molecule has 2 N–H and O–H groups in total. The summed E-state index contributed by atoms with van der Waals surface area (Å²) in [5.74, 6) is -0.429. The predicted molar refractivity (Wildman–Crippen MR) is 70.7 cm³/mol. The molecule has 0 aliphatic carbocycles. The van der Waals surface area contributed by atoms with E-state index in [2.05, 4.69) is 0 Å². The lowest BCUT2D eigenvalue weighted by Crippen LogP contribution is -2.39. The Morgan fingerprint density at radius 2 is 1.63 bits per heavy atom. The number of carbonyl (C=O) groups is 3. The minimum Gasteiger partial charge on any atom is -0.396 e. The molecule has 110 valence electrons. The van der Waals surface area contributed by atoms with E-state index in [1.54, 1.807) is 13.8 Å². The number of ketones is 3. The first-order chi connectivity index (χ1) is 8.70. The molecule has 0 rings (SSSR count). The molecule has 0 saturated carbocycles. The second-order valence-electron chi connectivity index (χ2n) is 5.61. The SMILES string of the molecule is CC(=O)CCC(=O)CCCC(=O)[C@H](O)C(C)(C)CO. The molecule has 0 bridgehead atoms. The number of aliphatic hydroxyl groups excluding tert-OH is 2. The van der Waals surface area contributed by atoms with E-state index in [0.29, 0.717) is 6.42 Å². The fourth-order valence-corrected chi connectivity index (χ4v) is 1.56. The van der Waals surface area contributed by atoms with Crippen LogP contribution in [0.1, 0.15) is 52.9 Å². The molecule has 0 radical (unpaired) electrons. The highest BCUT2D eigenvalue weighted by Gasteiger charge is 2.32. The van der Waals surface area contributed by atoms with Crippen LogP contribution < -0.4 is 0 Å². The number of Topliss-reactive ketones (excluding diaryl/α,β-unsaturated/α-hetero) is 3. The quantitative estimate of drug-likeness (QED) is 0.620. The van der Waals surface area contributed by atoms with E-state index in [9.17, 15) is 19.5 Å². The van der Waals surface area contributed by atoms with Crippen LogP contribution in [-0.4, -0.2) is 40.3 Å². The Bertz CT molecular complexity index is 333. The molecule has 0 aromatic rings. The number of hydrogen-bond acceptors (Lipinski definition) is 5. The maximum absolute atomic E-state index is 11.7. The number of carbonyl (C=O) groups excluding carboxylic acids is 3. The third-order valence-corrected chi connectivity index (χ3v) is 3.09. The van der Waals surface area contributed by atoms with Gasteiger partial charge in [-0.3, -0.25) is 9.59 Å².